The minimum Gasteiger partial charge on any atom is -0.374 e. The zero-order valence-corrected chi connectivity index (χ0v) is 37.5. The summed E-state index contributed by atoms with van der Waals surface area (Å²) >= 11 is 0. The van der Waals surface area contributed by atoms with E-state index < -0.39 is 9.05 Å². The van der Waals surface area contributed by atoms with Crippen LogP contribution in [0.3, 0.4) is 0 Å². The highest BCUT2D eigenvalue weighted by molar-refractivity contribution is 6.53. The first-order chi connectivity index (χ1) is 25.5. The summed E-state index contributed by atoms with van der Waals surface area (Å²) in [6, 6.07) is 0. The van der Waals surface area contributed by atoms with Gasteiger partial charge in [0.05, 0.1) is 77.3 Å². The van der Waals surface area contributed by atoms with E-state index >= 15 is 0 Å². The summed E-state index contributed by atoms with van der Waals surface area (Å²) in [7, 11) is -3.85. The lowest BCUT2D eigenvalue weighted by Gasteiger charge is -2.36. The Balaban J connectivity index is 6.25. The predicted octanol–water partition coefficient (Wildman–Crippen LogP) is 11.7. The van der Waals surface area contributed by atoms with Gasteiger partial charge >= 0.3 is 9.05 Å². The van der Waals surface area contributed by atoms with Crippen LogP contribution in [0.1, 0.15) is 160 Å². The topological polar surface area (TPSA) is 73.8 Å². The first-order valence-electron chi connectivity index (χ1n) is 21.3. The van der Waals surface area contributed by atoms with Crippen molar-refractivity contribution < 1.29 is 36.7 Å². The van der Waals surface area contributed by atoms with Gasteiger partial charge in [-0.3, -0.25) is 0 Å². The van der Waals surface area contributed by atoms with Crippen molar-refractivity contribution in [1.29, 1.82) is 0 Å². The van der Waals surface area contributed by atoms with E-state index in [9.17, 15) is 0 Å². The summed E-state index contributed by atoms with van der Waals surface area (Å²) in [4.78, 5) is 0. The molecule has 9 heteroatoms. The van der Waals surface area contributed by atoms with E-state index in [2.05, 4.69) is 79.7 Å². The van der Waals surface area contributed by atoms with E-state index in [0.717, 1.165) is 77.0 Å². The lowest BCUT2D eigenvalue weighted by atomic mass is 10.1. The zero-order chi connectivity index (χ0) is 39.7. The Morgan fingerprint density at radius 3 is 0.755 bits per heavy atom. The maximum atomic E-state index is 6.78. The molecule has 0 bridgehead atoms. The SMILES string of the molecule is CCCC=C(CC)COCC(C)O[Si](OC(C)COCC(=CCCC)CC)(OC(C)COCC(=CCCC)CC)OC(C)COCC(=CCCC)CC. The van der Waals surface area contributed by atoms with Crippen molar-refractivity contribution in [1.82, 2.24) is 0 Å². The fourth-order valence-corrected chi connectivity index (χ4v) is 7.90. The standard InChI is InChI=1S/C44H84O8Si/c1-13-21-25-41(17-5)33-45-29-37(9)49-53(50-38(10)30-46-34-42(18-6)26-22-14-2,51-39(11)31-47-35-43(19-7)27-23-15-3)52-40(12)32-48-36-44(20-8)28-24-16-4/h25-28,37-40H,13-24,29-36H2,1-12H3. The van der Waals surface area contributed by atoms with E-state index in [1.807, 2.05) is 27.7 Å². The van der Waals surface area contributed by atoms with Crippen molar-refractivity contribution >= 4 is 9.05 Å². The second kappa shape index (κ2) is 34.1. The maximum absolute atomic E-state index is 6.78. The number of rotatable bonds is 36. The molecular formula is C44H84O8Si. The molecule has 53 heavy (non-hydrogen) atoms. The summed E-state index contributed by atoms with van der Waals surface area (Å²) in [6.07, 6.45) is 20.3. The lowest BCUT2D eigenvalue weighted by molar-refractivity contribution is -0.126. The van der Waals surface area contributed by atoms with Crippen LogP contribution in [0.4, 0.5) is 0 Å². The molecule has 0 heterocycles. The highest BCUT2D eigenvalue weighted by atomic mass is 28.4. The number of hydrogen-bond donors (Lipinski definition) is 0. The van der Waals surface area contributed by atoms with Crippen LogP contribution in [0, 0.1) is 0 Å². The van der Waals surface area contributed by atoms with Gasteiger partial charge in [0.15, 0.2) is 0 Å². The Morgan fingerprint density at radius 2 is 0.585 bits per heavy atom. The van der Waals surface area contributed by atoms with Gasteiger partial charge in [0.2, 0.25) is 0 Å². The molecule has 8 nitrogen and oxygen atoms in total. The maximum Gasteiger partial charge on any atom is 0.680 e. The van der Waals surface area contributed by atoms with Crippen molar-refractivity contribution in [3.8, 4) is 0 Å². The van der Waals surface area contributed by atoms with Crippen molar-refractivity contribution in [2.24, 2.45) is 0 Å². The third-order valence-corrected chi connectivity index (χ3v) is 11.4. The Bertz CT molecular complexity index is 836. The molecule has 0 saturated heterocycles. The van der Waals surface area contributed by atoms with Gasteiger partial charge in [-0.2, -0.15) is 0 Å². The summed E-state index contributed by atoms with van der Waals surface area (Å²) < 4.78 is 51.8. The van der Waals surface area contributed by atoms with Gasteiger partial charge in [-0.15, -0.1) is 0 Å². The molecule has 0 aromatic carbocycles. The van der Waals surface area contributed by atoms with Crippen molar-refractivity contribution in [2.45, 2.75) is 185 Å². The minimum absolute atomic E-state index is 0.351. The molecule has 0 aliphatic carbocycles. The molecule has 0 fully saturated rings. The molecule has 0 aliphatic heterocycles. The van der Waals surface area contributed by atoms with Gasteiger partial charge in [0.25, 0.3) is 0 Å². The number of allylic oxidation sites excluding steroid dienone is 4. The number of unbranched alkanes of at least 4 members (excludes halogenated alkanes) is 4. The summed E-state index contributed by atoms with van der Waals surface area (Å²) in [5.41, 5.74) is 5.19. The molecule has 0 rings (SSSR count). The van der Waals surface area contributed by atoms with Gasteiger partial charge in [-0.05, 0) is 101 Å². The lowest BCUT2D eigenvalue weighted by Crippen LogP contribution is -2.57. The largest absolute Gasteiger partial charge is 0.680 e. The molecule has 0 N–H and O–H groups in total. The molecule has 0 aromatic heterocycles. The average molecular weight is 769 g/mol. The van der Waals surface area contributed by atoms with E-state index in [4.69, 9.17) is 36.7 Å². The summed E-state index contributed by atoms with van der Waals surface area (Å²) in [6.45, 7) is 29.2. The van der Waals surface area contributed by atoms with E-state index in [1.54, 1.807) is 0 Å². The monoisotopic (exact) mass is 769 g/mol. The van der Waals surface area contributed by atoms with Gasteiger partial charge in [-0.25, -0.2) is 0 Å². The van der Waals surface area contributed by atoms with Crippen LogP contribution in [-0.2, 0) is 36.7 Å². The van der Waals surface area contributed by atoms with Crippen LogP contribution in [0.25, 0.3) is 0 Å². The Morgan fingerprint density at radius 1 is 0.377 bits per heavy atom. The third-order valence-electron chi connectivity index (χ3n) is 8.65. The van der Waals surface area contributed by atoms with Crippen LogP contribution in [0.5, 0.6) is 0 Å². The van der Waals surface area contributed by atoms with Crippen LogP contribution in [0.2, 0.25) is 0 Å². The van der Waals surface area contributed by atoms with Crippen LogP contribution < -0.4 is 0 Å². The van der Waals surface area contributed by atoms with Crippen LogP contribution >= 0.6 is 0 Å². The molecule has 0 radical (unpaired) electrons. The number of ether oxygens (including phenoxy) is 4. The third kappa shape index (κ3) is 27.2. The van der Waals surface area contributed by atoms with Gasteiger partial charge in [0.1, 0.15) is 0 Å². The molecule has 4 atom stereocenters. The number of hydrogen-bond acceptors (Lipinski definition) is 8. The predicted molar refractivity (Wildman–Crippen MR) is 224 cm³/mol. The fraction of sp³-hybridized carbons (Fsp3) is 0.818. The smallest absolute Gasteiger partial charge is 0.374 e. The van der Waals surface area contributed by atoms with E-state index in [0.29, 0.717) is 52.9 Å². The Kier molecular flexibility index (Phi) is 33.4. The first kappa shape index (κ1) is 51.9. The molecule has 312 valence electrons. The summed E-state index contributed by atoms with van der Waals surface area (Å²) in [5, 5.41) is 0. The first-order valence-corrected chi connectivity index (χ1v) is 22.9. The van der Waals surface area contributed by atoms with E-state index in [1.165, 1.54) is 22.3 Å². The second-order valence-electron chi connectivity index (χ2n) is 14.3. The Labute approximate surface area is 328 Å². The van der Waals surface area contributed by atoms with Crippen LogP contribution in [0.15, 0.2) is 46.6 Å². The molecule has 0 saturated carbocycles. The fourth-order valence-electron chi connectivity index (χ4n) is 5.33. The summed E-state index contributed by atoms with van der Waals surface area (Å²) in [5.74, 6) is 0. The second-order valence-corrected chi connectivity index (χ2v) is 16.2. The molecule has 0 spiro atoms. The molecule has 0 aromatic rings. The molecule has 0 aliphatic rings. The van der Waals surface area contributed by atoms with E-state index in [-0.39, 0.29) is 24.4 Å². The van der Waals surface area contributed by atoms with Crippen LogP contribution in [-0.4, -0.2) is 86.3 Å². The van der Waals surface area contributed by atoms with Crippen molar-refractivity contribution in [2.75, 3.05) is 52.9 Å². The molecule has 4 unspecified atom stereocenters. The molecular weight excluding hydrogens is 685 g/mol. The average Bonchev–Trinajstić information content (AvgIpc) is 3.13. The van der Waals surface area contributed by atoms with Crippen molar-refractivity contribution in [3.05, 3.63) is 46.6 Å². The molecule has 0 amide bonds. The minimum atomic E-state index is -3.85. The highest BCUT2D eigenvalue weighted by Crippen LogP contribution is 2.23. The van der Waals surface area contributed by atoms with Gasteiger partial charge in [-0.1, -0.05) is 105 Å². The van der Waals surface area contributed by atoms with Gasteiger partial charge in [0, 0.05) is 0 Å². The van der Waals surface area contributed by atoms with Gasteiger partial charge < -0.3 is 36.7 Å². The van der Waals surface area contributed by atoms with Crippen molar-refractivity contribution in [3.63, 3.8) is 0 Å². The highest BCUT2D eigenvalue weighted by Gasteiger charge is 2.51. The quantitative estimate of drug-likeness (QED) is 0.0461. The zero-order valence-electron chi connectivity index (χ0n) is 36.5. The Hall–Kier alpha value is -1.14. The normalized spacial score (nSPS) is 16.8.